The number of benzene rings is 1. The molecule has 1 aliphatic rings. The van der Waals surface area contributed by atoms with E-state index in [0.717, 1.165) is 24.8 Å². The second kappa shape index (κ2) is 9.81. The molecule has 1 saturated carbocycles. The maximum Gasteiger partial charge on any atom is 0.243 e. The molecule has 0 saturated heterocycles. The summed E-state index contributed by atoms with van der Waals surface area (Å²) >= 11 is 6.28. The van der Waals surface area contributed by atoms with E-state index >= 15 is 0 Å². The molecule has 138 valence electrons. The summed E-state index contributed by atoms with van der Waals surface area (Å²) < 4.78 is 0. The second-order valence-corrected chi connectivity index (χ2v) is 7.18. The molecule has 0 bridgehead atoms. The number of hydrogen-bond donors (Lipinski definition) is 1. The quantitative estimate of drug-likeness (QED) is 0.747. The van der Waals surface area contributed by atoms with Crippen molar-refractivity contribution in [3.05, 3.63) is 34.9 Å². The van der Waals surface area contributed by atoms with Gasteiger partial charge >= 0.3 is 0 Å². The predicted octanol–water partition coefficient (Wildman–Crippen LogP) is 4.31. The fraction of sp³-hybridized carbons (Fsp3) is 0.600. The lowest BCUT2D eigenvalue weighted by Crippen LogP contribution is -2.50. The van der Waals surface area contributed by atoms with Crippen LogP contribution in [0.3, 0.4) is 0 Å². The smallest absolute Gasteiger partial charge is 0.243 e. The highest BCUT2D eigenvalue weighted by molar-refractivity contribution is 6.31. The number of carbonyl (C=O) groups is 2. The summed E-state index contributed by atoms with van der Waals surface area (Å²) in [4.78, 5) is 27.2. The minimum absolute atomic E-state index is 0.0100. The van der Waals surface area contributed by atoms with E-state index in [-0.39, 0.29) is 17.9 Å². The Labute approximate surface area is 155 Å². The van der Waals surface area contributed by atoms with Gasteiger partial charge in [-0.2, -0.15) is 0 Å². The van der Waals surface area contributed by atoms with Gasteiger partial charge < -0.3 is 10.2 Å². The number of amides is 2. The molecule has 0 heterocycles. The first-order valence-corrected chi connectivity index (χ1v) is 9.77. The highest BCUT2D eigenvalue weighted by Crippen LogP contribution is 2.22. The van der Waals surface area contributed by atoms with Crippen molar-refractivity contribution in [3.8, 4) is 0 Å². The van der Waals surface area contributed by atoms with Crippen LogP contribution in [0.5, 0.6) is 0 Å². The van der Waals surface area contributed by atoms with Crippen LogP contribution in [0, 0.1) is 0 Å². The highest BCUT2D eigenvalue weighted by atomic mass is 35.5. The fourth-order valence-corrected chi connectivity index (χ4v) is 3.65. The van der Waals surface area contributed by atoms with E-state index in [9.17, 15) is 9.59 Å². The zero-order valence-electron chi connectivity index (χ0n) is 15.3. The lowest BCUT2D eigenvalue weighted by molar-refractivity contribution is -0.141. The number of halogens is 1. The Hall–Kier alpha value is -1.55. The maximum atomic E-state index is 12.8. The minimum atomic E-state index is -0.448. The van der Waals surface area contributed by atoms with Crippen molar-refractivity contribution in [2.24, 2.45) is 0 Å². The molecule has 2 amide bonds. The van der Waals surface area contributed by atoms with E-state index in [2.05, 4.69) is 5.32 Å². The number of carbonyl (C=O) groups excluding carboxylic acids is 2. The van der Waals surface area contributed by atoms with Gasteiger partial charge in [-0.3, -0.25) is 9.59 Å². The third-order valence-corrected chi connectivity index (χ3v) is 5.22. The molecule has 1 fully saturated rings. The Balaban J connectivity index is 2.17. The average molecular weight is 365 g/mol. The summed E-state index contributed by atoms with van der Waals surface area (Å²) in [5, 5.41) is 3.77. The van der Waals surface area contributed by atoms with Crippen LogP contribution in [0.1, 0.15) is 64.4 Å². The molecule has 1 aromatic rings. The Morgan fingerprint density at radius 3 is 2.52 bits per heavy atom. The molecule has 1 atom stereocenters. The van der Waals surface area contributed by atoms with Gasteiger partial charge in [-0.25, -0.2) is 0 Å². The van der Waals surface area contributed by atoms with Crippen LogP contribution < -0.4 is 5.32 Å². The fourth-order valence-electron chi connectivity index (χ4n) is 3.45. The number of hydrogen-bond acceptors (Lipinski definition) is 2. The van der Waals surface area contributed by atoms with Crippen LogP contribution in [0.25, 0.3) is 0 Å². The van der Waals surface area contributed by atoms with Gasteiger partial charge in [-0.05, 0) is 37.3 Å². The molecule has 2 rings (SSSR count). The zero-order valence-corrected chi connectivity index (χ0v) is 16.0. The molecule has 0 aromatic heterocycles. The molecule has 1 unspecified atom stereocenters. The van der Waals surface area contributed by atoms with Gasteiger partial charge in [-0.1, -0.05) is 56.5 Å². The normalized spacial score (nSPS) is 15.8. The molecule has 5 heteroatoms. The number of nitrogens with zero attached hydrogens (tertiary/aromatic N) is 1. The van der Waals surface area contributed by atoms with Crippen molar-refractivity contribution in [1.29, 1.82) is 0 Å². The van der Waals surface area contributed by atoms with Crippen molar-refractivity contribution in [3.63, 3.8) is 0 Å². The van der Waals surface area contributed by atoms with E-state index in [1.54, 1.807) is 4.90 Å². The van der Waals surface area contributed by atoms with Gasteiger partial charge in [0.25, 0.3) is 0 Å². The molecule has 1 aliphatic carbocycles. The predicted molar refractivity (Wildman–Crippen MR) is 101 cm³/mol. The average Bonchev–Trinajstić information content (AvgIpc) is 3.09. The van der Waals surface area contributed by atoms with Crippen LogP contribution in [0.15, 0.2) is 24.3 Å². The summed E-state index contributed by atoms with van der Waals surface area (Å²) in [6, 6.07) is 7.31. The Morgan fingerprint density at radius 2 is 1.92 bits per heavy atom. The Bertz CT molecular complexity index is 585. The Morgan fingerprint density at radius 1 is 1.24 bits per heavy atom. The molecule has 4 nitrogen and oxygen atoms in total. The standard InChI is InChI=1S/C20H29ClN2O2/c1-3-9-19(24)23(14-15-10-5-8-13-17(15)21)18(4-2)20(25)22-16-11-6-7-12-16/h5,8,10,13,16,18H,3-4,6-7,9,11-12,14H2,1-2H3,(H,22,25). The van der Waals surface area contributed by atoms with E-state index in [1.807, 2.05) is 38.1 Å². The maximum absolute atomic E-state index is 12.8. The topological polar surface area (TPSA) is 49.4 Å². The van der Waals surface area contributed by atoms with E-state index in [0.29, 0.717) is 24.4 Å². The lowest BCUT2D eigenvalue weighted by Gasteiger charge is -2.31. The van der Waals surface area contributed by atoms with Crippen molar-refractivity contribution in [1.82, 2.24) is 10.2 Å². The van der Waals surface area contributed by atoms with Gasteiger partial charge in [0.15, 0.2) is 0 Å². The molecule has 0 radical (unpaired) electrons. The van der Waals surface area contributed by atoms with Crippen LogP contribution in [0.2, 0.25) is 5.02 Å². The largest absolute Gasteiger partial charge is 0.352 e. The van der Waals surface area contributed by atoms with E-state index in [1.165, 1.54) is 12.8 Å². The van der Waals surface area contributed by atoms with Crippen LogP contribution in [-0.4, -0.2) is 28.8 Å². The molecule has 25 heavy (non-hydrogen) atoms. The molecule has 0 spiro atoms. The van der Waals surface area contributed by atoms with Crippen LogP contribution in [-0.2, 0) is 16.1 Å². The zero-order chi connectivity index (χ0) is 18.2. The monoisotopic (exact) mass is 364 g/mol. The third-order valence-electron chi connectivity index (χ3n) is 4.85. The summed E-state index contributed by atoms with van der Waals surface area (Å²) in [5.41, 5.74) is 0.876. The van der Waals surface area contributed by atoms with Gasteiger partial charge in [0, 0.05) is 24.0 Å². The van der Waals surface area contributed by atoms with Crippen LogP contribution >= 0.6 is 11.6 Å². The van der Waals surface area contributed by atoms with Crippen molar-refractivity contribution >= 4 is 23.4 Å². The molecular formula is C20H29ClN2O2. The third kappa shape index (κ3) is 5.46. The van der Waals surface area contributed by atoms with Gasteiger partial charge in [0.2, 0.25) is 11.8 Å². The molecule has 0 aliphatic heterocycles. The molecule has 1 N–H and O–H groups in total. The van der Waals surface area contributed by atoms with Crippen LogP contribution in [0.4, 0.5) is 0 Å². The van der Waals surface area contributed by atoms with Crippen molar-refractivity contribution < 1.29 is 9.59 Å². The number of nitrogens with one attached hydrogen (secondary N) is 1. The Kier molecular flexibility index (Phi) is 7.76. The first-order chi connectivity index (χ1) is 12.1. The van der Waals surface area contributed by atoms with Gasteiger partial charge in [0.1, 0.15) is 6.04 Å². The first kappa shape index (κ1) is 19.8. The summed E-state index contributed by atoms with van der Waals surface area (Å²) in [5.74, 6) is -0.0262. The second-order valence-electron chi connectivity index (χ2n) is 6.78. The SMILES string of the molecule is CCCC(=O)N(Cc1ccccc1Cl)C(CC)C(=O)NC1CCCC1. The minimum Gasteiger partial charge on any atom is -0.352 e. The van der Waals surface area contributed by atoms with Crippen molar-refractivity contribution in [2.45, 2.75) is 77.4 Å². The summed E-state index contributed by atoms with van der Waals surface area (Å²) in [6.07, 6.45) is 6.21. The highest BCUT2D eigenvalue weighted by Gasteiger charge is 2.30. The lowest BCUT2D eigenvalue weighted by atomic mass is 10.1. The van der Waals surface area contributed by atoms with E-state index < -0.39 is 6.04 Å². The molecule has 1 aromatic carbocycles. The van der Waals surface area contributed by atoms with Crippen molar-refractivity contribution in [2.75, 3.05) is 0 Å². The summed E-state index contributed by atoms with van der Waals surface area (Å²) in [6.45, 7) is 4.30. The van der Waals surface area contributed by atoms with Gasteiger partial charge in [0.05, 0.1) is 0 Å². The van der Waals surface area contributed by atoms with Gasteiger partial charge in [-0.15, -0.1) is 0 Å². The van der Waals surface area contributed by atoms with E-state index in [4.69, 9.17) is 11.6 Å². The number of rotatable bonds is 8. The first-order valence-electron chi connectivity index (χ1n) is 9.40. The summed E-state index contributed by atoms with van der Waals surface area (Å²) in [7, 11) is 0. The molecular weight excluding hydrogens is 336 g/mol.